The van der Waals surface area contributed by atoms with Crippen LogP contribution >= 0.6 is 0 Å². The first kappa shape index (κ1) is 12.9. The normalized spacial score (nSPS) is 9.37. The van der Waals surface area contributed by atoms with Gasteiger partial charge in [-0.1, -0.05) is 24.0 Å². The molecule has 1 aromatic heterocycles. The quantitative estimate of drug-likeness (QED) is 0.854. The fraction of sp³-hybridized carbons (Fsp3) is 0.133. The highest BCUT2D eigenvalue weighted by molar-refractivity contribution is 5.41. The lowest BCUT2D eigenvalue weighted by molar-refractivity contribution is 0.350. The van der Waals surface area contributed by atoms with Crippen LogP contribution in [0, 0.1) is 11.8 Å². The fourth-order valence-corrected chi connectivity index (χ4v) is 1.47. The zero-order chi connectivity index (χ0) is 13.5. The minimum absolute atomic E-state index is 0.164. The van der Waals surface area contributed by atoms with E-state index in [1.165, 1.54) is 0 Å². The van der Waals surface area contributed by atoms with E-state index >= 15 is 0 Å². The monoisotopic (exact) mass is 255 g/mol. The summed E-state index contributed by atoms with van der Waals surface area (Å²) in [7, 11) is 1.55. The van der Waals surface area contributed by atoms with Crippen molar-refractivity contribution < 1.29 is 14.6 Å². The average molecular weight is 255 g/mol. The van der Waals surface area contributed by atoms with Gasteiger partial charge in [-0.25, -0.2) is 0 Å². The molecule has 0 unspecified atom stereocenters. The molecule has 0 radical (unpaired) electrons. The highest BCUT2D eigenvalue weighted by atomic mass is 16.5. The van der Waals surface area contributed by atoms with E-state index in [2.05, 4.69) is 16.8 Å². The standard InChI is InChI=1S/C15H13NO3/c1-18-14-8-3-9-15(16-14)19-13-7-2-5-12(11-13)6-4-10-17/h2-3,5,7-9,11,17H,10H2,1H3. The Morgan fingerprint density at radius 1 is 1.16 bits per heavy atom. The topological polar surface area (TPSA) is 51.6 Å². The lowest BCUT2D eigenvalue weighted by atomic mass is 10.2. The van der Waals surface area contributed by atoms with Crippen molar-refractivity contribution in [2.24, 2.45) is 0 Å². The van der Waals surface area contributed by atoms with Crippen molar-refractivity contribution >= 4 is 0 Å². The van der Waals surface area contributed by atoms with Gasteiger partial charge in [0.25, 0.3) is 0 Å². The molecule has 0 aliphatic rings. The molecule has 0 fully saturated rings. The van der Waals surface area contributed by atoms with Crippen LogP contribution in [0.25, 0.3) is 0 Å². The Balaban J connectivity index is 2.18. The number of aliphatic hydroxyl groups excluding tert-OH is 1. The predicted molar refractivity (Wildman–Crippen MR) is 71.3 cm³/mol. The minimum atomic E-state index is -0.164. The van der Waals surface area contributed by atoms with Crippen molar-refractivity contribution in [3.8, 4) is 29.4 Å². The smallest absolute Gasteiger partial charge is 0.222 e. The molecule has 96 valence electrons. The Kier molecular flexibility index (Phi) is 4.38. The third-order valence-electron chi connectivity index (χ3n) is 2.28. The van der Waals surface area contributed by atoms with Crippen LogP contribution in [-0.2, 0) is 0 Å². The average Bonchev–Trinajstić information content (AvgIpc) is 2.46. The third-order valence-corrected chi connectivity index (χ3v) is 2.28. The van der Waals surface area contributed by atoms with E-state index in [0.717, 1.165) is 5.56 Å². The lowest BCUT2D eigenvalue weighted by Crippen LogP contribution is -1.91. The van der Waals surface area contributed by atoms with Crippen molar-refractivity contribution in [2.45, 2.75) is 0 Å². The Bertz CT molecular complexity index is 614. The molecule has 4 nitrogen and oxygen atoms in total. The summed E-state index contributed by atoms with van der Waals surface area (Å²) in [5, 5.41) is 8.66. The molecular formula is C15H13NO3. The number of benzene rings is 1. The Hall–Kier alpha value is -2.51. The van der Waals surface area contributed by atoms with Crippen LogP contribution in [-0.4, -0.2) is 23.8 Å². The summed E-state index contributed by atoms with van der Waals surface area (Å²) < 4.78 is 10.6. The highest BCUT2D eigenvalue weighted by Gasteiger charge is 2.01. The molecule has 0 bridgehead atoms. The maximum Gasteiger partial charge on any atom is 0.222 e. The number of aliphatic hydroxyl groups is 1. The van der Waals surface area contributed by atoms with Crippen molar-refractivity contribution in [1.82, 2.24) is 4.98 Å². The first-order valence-corrected chi connectivity index (χ1v) is 5.70. The van der Waals surface area contributed by atoms with Gasteiger partial charge >= 0.3 is 0 Å². The maximum atomic E-state index is 8.66. The molecule has 2 rings (SSSR count). The van der Waals surface area contributed by atoms with Gasteiger partial charge in [0.05, 0.1) is 7.11 Å². The Labute approximate surface area is 111 Å². The van der Waals surface area contributed by atoms with Gasteiger partial charge in [0.2, 0.25) is 11.8 Å². The van der Waals surface area contributed by atoms with E-state index in [4.69, 9.17) is 14.6 Å². The lowest BCUT2D eigenvalue weighted by Gasteiger charge is -2.06. The molecule has 0 spiro atoms. The van der Waals surface area contributed by atoms with Gasteiger partial charge in [-0.05, 0) is 18.2 Å². The van der Waals surface area contributed by atoms with Crippen molar-refractivity contribution in [1.29, 1.82) is 0 Å². The van der Waals surface area contributed by atoms with Crippen LogP contribution < -0.4 is 9.47 Å². The summed E-state index contributed by atoms with van der Waals surface area (Å²) in [5.74, 6) is 6.98. The van der Waals surface area contributed by atoms with Crippen LogP contribution in [0.2, 0.25) is 0 Å². The zero-order valence-electron chi connectivity index (χ0n) is 10.5. The number of ether oxygens (including phenoxy) is 2. The van der Waals surface area contributed by atoms with Gasteiger partial charge in [-0.3, -0.25) is 0 Å². The number of hydrogen-bond donors (Lipinski definition) is 1. The van der Waals surface area contributed by atoms with E-state index in [-0.39, 0.29) is 6.61 Å². The maximum absolute atomic E-state index is 8.66. The SMILES string of the molecule is COc1cccc(Oc2cccc(C#CCO)c2)n1. The highest BCUT2D eigenvalue weighted by Crippen LogP contribution is 2.22. The molecule has 0 amide bonds. The summed E-state index contributed by atoms with van der Waals surface area (Å²) in [6, 6.07) is 12.6. The number of aromatic nitrogens is 1. The van der Waals surface area contributed by atoms with E-state index in [1.54, 1.807) is 31.4 Å². The van der Waals surface area contributed by atoms with Gasteiger partial charge in [0.15, 0.2) is 0 Å². The zero-order valence-corrected chi connectivity index (χ0v) is 10.5. The summed E-state index contributed by atoms with van der Waals surface area (Å²) in [6.45, 7) is -0.164. The summed E-state index contributed by atoms with van der Waals surface area (Å²) in [4.78, 5) is 4.16. The van der Waals surface area contributed by atoms with Crippen LogP contribution in [0.5, 0.6) is 17.5 Å². The largest absolute Gasteiger partial charge is 0.481 e. The Morgan fingerprint density at radius 3 is 2.74 bits per heavy atom. The van der Waals surface area contributed by atoms with E-state index in [0.29, 0.717) is 17.5 Å². The molecule has 19 heavy (non-hydrogen) atoms. The number of rotatable bonds is 3. The minimum Gasteiger partial charge on any atom is -0.481 e. The van der Waals surface area contributed by atoms with Crippen molar-refractivity contribution in [3.05, 3.63) is 48.0 Å². The number of pyridine rings is 1. The summed E-state index contributed by atoms with van der Waals surface area (Å²) in [5.41, 5.74) is 0.773. The molecule has 0 saturated carbocycles. The van der Waals surface area contributed by atoms with Gasteiger partial charge in [-0.15, -0.1) is 0 Å². The van der Waals surface area contributed by atoms with Gasteiger partial charge in [0.1, 0.15) is 12.4 Å². The first-order chi connectivity index (χ1) is 9.31. The Morgan fingerprint density at radius 2 is 1.95 bits per heavy atom. The molecule has 1 aromatic carbocycles. The molecule has 0 atom stereocenters. The number of methoxy groups -OCH3 is 1. The second-order valence-electron chi connectivity index (χ2n) is 3.61. The van der Waals surface area contributed by atoms with Crippen molar-refractivity contribution in [3.63, 3.8) is 0 Å². The molecule has 4 heteroatoms. The molecule has 0 saturated heterocycles. The van der Waals surface area contributed by atoms with Crippen LogP contribution in [0.4, 0.5) is 0 Å². The molecule has 1 heterocycles. The molecule has 2 aromatic rings. The first-order valence-electron chi connectivity index (χ1n) is 5.70. The molecule has 1 N–H and O–H groups in total. The third kappa shape index (κ3) is 3.73. The van der Waals surface area contributed by atoms with Crippen molar-refractivity contribution in [2.75, 3.05) is 13.7 Å². The summed E-state index contributed by atoms with van der Waals surface area (Å²) >= 11 is 0. The second kappa shape index (κ2) is 6.43. The number of nitrogens with zero attached hydrogens (tertiary/aromatic N) is 1. The van der Waals surface area contributed by atoms with E-state index < -0.39 is 0 Å². The molecule has 0 aliphatic carbocycles. The summed E-state index contributed by atoms with van der Waals surface area (Å²) in [6.07, 6.45) is 0. The molecule has 0 aliphatic heterocycles. The number of hydrogen-bond acceptors (Lipinski definition) is 4. The second-order valence-corrected chi connectivity index (χ2v) is 3.61. The van der Waals surface area contributed by atoms with Crippen LogP contribution in [0.15, 0.2) is 42.5 Å². The van der Waals surface area contributed by atoms with E-state index in [9.17, 15) is 0 Å². The van der Waals surface area contributed by atoms with Gasteiger partial charge in [-0.2, -0.15) is 4.98 Å². The fourth-order valence-electron chi connectivity index (χ4n) is 1.47. The van der Waals surface area contributed by atoms with Crippen LogP contribution in [0.1, 0.15) is 5.56 Å². The molecular weight excluding hydrogens is 242 g/mol. The predicted octanol–water partition coefficient (Wildman–Crippen LogP) is 2.23. The van der Waals surface area contributed by atoms with Crippen LogP contribution in [0.3, 0.4) is 0 Å². The van der Waals surface area contributed by atoms with Gasteiger partial charge < -0.3 is 14.6 Å². The van der Waals surface area contributed by atoms with Gasteiger partial charge in [0, 0.05) is 17.7 Å². The van der Waals surface area contributed by atoms with E-state index in [1.807, 2.05) is 18.2 Å².